The Hall–Kier alpha value is 0. The van der Waals surface area contributed by atoms with Gasteiger partial charge in [0.25, 0.3) is 0 Å². The molecule has 0 aliphatic rings. The van der Waals surface area contributed by atoms with Gasteiger partial charge in [-0.1, -0.05) is 188 Å². The maximum atomic E-state index is 4.07. The largest absolute Gasteiger partial charge is 0.0654 e. The lowest BCUT2D eigenvalue weighted by Crippen LogP contribution is -2.01. The number of unbranched alkanes of at least 4 members (excludes halogenated alkanes) is 20. The summed E-state index contributed by atoms with van der Waals surface area (Å²) in [7, 11) is 0. The number of hydrogen-bond donors (Lipinski definition) is 0. The Morgan fingerprint density at radius 2 is 0.633 bits per heavy atom. The van der Waals surface area contributed by atoms with E-state index >= 15 is 0 Å². The molecule has 0 aromatic carbocycles. The van der Waals surface area contributed by atoms with Crippen LogP contribution in [0, 0.1) is 12.8 Å². The van der Waals surface area contributed by atoms with Gasteiger partial charge in [0.2, 0.25) is 0 Å². The molecule has 0 aliphatic heterocycles. The average Bonchev–Trinajstić information content (AvgIpc) is 2.76. The molecule has 30 heavy (non-hydrogen) atoms. The molecule has 1 unspecified atom stereocenters. The van der Waals surface area contributed by atoms with Crippen molar-refractivity contribution in [2.75, 3.05) is 0 Å². The Morgan fingerprint density at radius 1 is 0.367 bits per heavy atom. The van der Waals surface area contributed by atoms with Crippen molar-refractivity contribution in [2.45, 2.75) is 181 Å². The van der Waals surface area contributed by atoms with Crippen molar-refractivity contribution < 1.29 is 0 Å². The van der Waals surface area contributed by atoms with E-state index in [2.05, 4.69) is 20.8 Å². The van der Waals surface area contributed by atoms with E-state index in [1.165, 1.54) is 161 Å². The molecule has 0 spiro atoms. The summed E-state index contributed by atoms with van der Waals surface area (Å²) in [6, 6.07) is 0. The summed E-state index contributed by atoms with van der Waals surface area (Å²) in [6.07, 6.45) is 37.6. The van der Waals surface area contributed by atoms with E-state index in [0.29, 0.717) is 0 Å². The number of hydrogen-bond acceptors (Lipinski definition) is 0. The maximum absolute atomic E-state index is 4.07. The smallest absolute Gasteiger partial charge is 0.0414 e. The van der Waals surface area contributed by atoms with Crippen molar-refractivity contribution in [1.29, 1.82) is 0 Å². The van der Waals surface area contributed by atoms with Gasteiger partial charge >= 0.3 is 0 Å². The maximum Gasteiger partial charge on any atom is -0.0414 e. The zero-order valence-electron chi connectivity index (χ0n) is 21.7. The van der Waals surface area contributed by atoms with E-state index in [9.17, 15) is 0 Å². The predicted molar refractivity (Wildman–Crippen MR) is 140 cm³/mol. The fourth-order valence-corrected chi connectivity index (χ4v) is 4.88. The van der Waals surface area contributed by atoms with E-state index in [1.807, 2.05) is 0 Å². The van der Waals surface area contributed by atoms with E-state index < -0.39 is 0 Å². The highest BCUT2D eigenvalue weighted by molar-refractivity contribution is 4.62. The molecule has 0 heteroatoms. The molecule has 181 valence electrons. The van der Waals surface area contributed by atoms with Crippen LogP contribution in [0.25, 0.3) is 0 Å². The lowest BCUT2D eigenvalue weighted by molar-refractivity contribution is 0.372. The highest BCUT2D eigenvalue weighted by atomic mass is 14.1. The molecule has 0 saturated heterocycles. The van der Waals surface area contributed by atoms with Crippen molar-refractivity contribution >= 4 is 0 Å². The van der Waals surface area contributed by atoms with E-state index in [0.717, 1.165) is 12.3 Å². The molecule has 0 aliphatic carbocycles. The van der Waals surface area contributed by atoms with Gasteiger partial charge in [-0.05, 0) is 5.92 Å². The minimum absolute atomic E-state index is 0.999. The van der Waals surface area contributed by atoms with Crippen molar-refractivity contribution in [3.05, 3.63) is 6.92 Å². The van der Waals surface area contributed by atoms with E-state index in [4.69, 9.17) is 0 Å². The minimum Gasteiger partial charge on any atom is -0.0654 e. The molecule has 1 atom stereocenters. The van der Waals surface area contributed by atoms with Gasteiger partial charge in [0.15, 0.2) is 0 Å². The summed E-state index contributed by atoms with van der Waals surface area (Å²) in [5, 5.41) is 0. The van der Waals surface area contributed by atoms with E-state index in [-0.39, 0.29) is 0 Å². The molecule has 0 bridgehead atoms. The second-order valence-electron chi connectivity index (χ2n) is 10.2. The SMILES string of the molecule is [CH2]CCCC(CCCCCCCCCCC)CCCCCCCCCCCCCC. The third kappa shape index (κ3) is 24.3. The monoisotopic (exact) mass is 421 g/mol. The summed E-state index contributed by atoms with van der Waals surface area (Å²) >= 11 is 0. The molecule has 0 amide bonds. The number of rotatable bonds is 26. The first-order valence-corrected chi connectivity index (χ1v) is 14.6. The van der Waals surface area contributed by atoms with Crippen molar-refractivity contribution in [3.8, 4) is 0 Å². The lowest BCUT2D eigenvalue weighted by Gasteiger charge is -2.16. The highest BCUT2D eigenvalue weighted by Gasteiger charge is 2.08. The molecule has 0 fully saturated rings. The minimum atomic E-state index is 0.999. The van der Waals surface area contributed by atoms with Crippen LogP contribution in [0.3, 0.4) is 0 Å². The van der Waals surface area contributed by atoms with Crippen molar-refractivity contribution in [3.63, 3.8) is 0 Å². The third-order valence-corrected chi connectivity index (χ3v) is 7.04. The van der Waals surface area contributed by atoms with Crippen molar-refractivity contribution in [2.24, 2.45) is 5.92 Å². The summed E-state index contributed by atoms with van der Waals surface area (Å²) < 4.78 is 0. The molecule has 0 saturated carbocycles. The molecule has 0 nitrogen and oxygen atoms in total. The Morgan fingerprint density at radius 3 is 0.933 bits per heavy atom. The molecule has 1 radical (unpaired) electrons. The van der Waals surface area contributed by atoms with E-state index in [1.54, 1.807) is 0 Å². The standard InChI is InChI=1S/C30H61/c1-4-7-10-12-14-16-17-18-20-22-24-26-29-30(27-9-6-3)28-25-23-21-19-15-13-11-8-5-2/h30H,3-29H2,1-2H3. The van der Waals surface area contributed by atoms with Crippen LogP contribution < -0.4 is 0 Å². The van der Waals surface area contributed by atoms with Gasteiger partial charge in [0, 0.05) is 0 Å². The van der Waals surface area contributed by atoms with Crippen LogP contribution >= 0.6 is 0 Å². The first-order valence-electron chi connectivity index (χ1n) is 14.6. The Kier molecular flexibility index (Phi) is 27.0. The normalized spacial score (nSPS) is 12.5. The Bertz CT molecular complexity index is 282. The topological polar surface area (TPSA) is 0 Å². The van der Waals surface area contributed by atoms with Crippen LogP contribution in [0.15, 0.2) is 0 Å². The molecule has 0 aromatic rings. The third-order valence-electron chi connectivity index (χ3n) is 7.04. The van der Waals surface area contributed by atoms with Gasteiger partial charge in [0.1, 0.15) is 0 Å². The fourth-order valence-electron chi connectivity index (χ4n) is 4.88. The van der Waals surface area contributed by atoms with Gasteiger partial charge in [-0.2, -0.15) is 0 Å². The van der Waals surface area contributed by atoms with Gasteiger partial charge in [-0.25, -0.2) is 0 Å². The molecular formula is C30H61. The zero-order chi connectivity index (χ0) is 22.0. The first kappa shape index (κ1) is 30.0. The van der Waals surface area contributed by atoms with Crippen LogP contribution in [0.4, 0.5) is 0 Å². The van der Waals surface area contributed by atoms with Crippen LogP contribution in [0.2, 0.25) is 0 Å². The van der Waals surface area contributed by atoms with Crippen LogP contribution in [-0.4, -0.2) is 0 Å². The van der Waals surface area contributed by atoms with Gasteiger partial charge < -0.3 is 0 Å². The van der Waals surface area contributed by atoms with Gasteiger partial charge in [0.05, 0.1) is 0 Å². The molecule has 0 heterocycles. The lowest BCUT2D eigenvalue weighted by atomic mass is 9.90. The summed E-state index contributed by atoms with van der Waals surface area (Å²) in [5.74, 6) is 0.999. The summed E-state index contributed by atoms with van der Waals surface area (Å²) in [5.41, 5.74) is 0. The first-order chi connectivity index (χ1) is 14.8. The van der Waals surface area contributed by atoms with Gasteiger partial charge in [-0.3, -0.25) is 0 Å². The average molecular weight is 422 g/mol. The Balaban J connectivity index is 3.50. The highest BCUT2D eigenvalue weighted by Crippen LogP contribution is 2.24. The fraction of sp³-hybridized carbons (Fsp3) is 0.967. The Labute approximate surface area is 193 Å². The van der Waals surface area contributed by atoms with Crippen LogP contribution in [0.1, 0.15) is 181 Å². The molecular weight excluding hydrogens is 360 g/mol. The predicted octanol–water partition coefficient (Wildman–Crippen LogP) is 11.6. The molecule has 0 aromatic heterocycles. The second-order valence-corrected chi connectivity index (χ2v) is 10.2. The zero-order valence-corrected chi connectivity index (χ0v) is 21.7. The molecule has 0 rings (SSSR count). The van der Waals surface area contributed by atoms with Crippen molar-refractivity contribution in [1.82, 2.24) is 0 Å². The summed E-state index contributed by atoms with van der Waals surface area (Å²) in [6.45, 7) is 8.69. The summed E-state index contributed by atoms with van der Waals surface area (Å²) in [4.78, 5) is 0. The van der Waals surface area contributed by atoms with Gasteiger partial charge in [-0.15, -0.1) is 0 Å². The van der Waals surface area contributed by atoms with Crippen LogP contribution in [-0.2, 0) is 0 Å². The van der Waals surface area contributed by atoms with Crippen LogP contribution in [0.5, 0.6) is 0 Å². The quantitative estimate of drug-likeness (QED) is 0.122. The molecule has 0 N–H and O–H groups in total. The second kappa shape index (κ2) is 27.0.